The molecule has 0 spiro atoms. The summed E-state index contributed by atoms with van der Waals surface area (Å²) in [5.41, 5.74) is 0.840. The van der Waals surface area contributed by atoms with E-state index in [9.17, 15) is 0 Å². The molecule has 17 heavy (non-hydrogen) atoms. The molecule has 0 amide bonds. The van der Waals surface area contributed by atoms with E-state index in [-0.39, 0.29) is 6.61 Å². The Kier molecular flexibility index (Phi) is 4.18. The van der Waals surface area contributed by atoms with E-state index < -0.39 is 0 Å². The number of rotatable bonds is 4. The summed E-state index contributed by atoms with van der Waals surface area (Å²) in [6.45, 7) is 6.85. The molecule has 0 radical (unpaired) electrons. The molecule has 1 aliphatic rings. The van der Waals surface area contributed by atoms with Crippen LogP contribution in [0, 0.1) is 5.92 Å². The summed E-state index contributed by atoms with van der Waals surface area (Å²) >= 11 is 0. The second kappa shape index (κ2) is 5.65. The highest BCUT2D eigenvalue weighted by atomic mass is 16.5. The molecule has 1 aromatic heterocycles. The predicted octanol–water partition coefficient (Wildman–Crippen LogP) is 1.83. The molecule has 96 valence electrons. The predicted molar refractivity (Wildman–Crippen MR) is 65.6 cm³/mol. The topological polar surface area (TPSA) is 49.5 Å². The fourth-order valence-corrected chi connectivity index (χ4v) is 2.58. The fourth-order valence-electron chi connectivity index (χ4n) is 2.58. The number of piperidine rings is 1. The molecule has 1 atom stereocenters. The van der Waals surface area contributed by atoms with Gasteiger partial charge in [-0.25, -0.2) is 0 Å². The van der Waals surface area contributed by atoms with Crippen molar-refractivity contribution in [2.45, 2.75) is 45.8 Å². The lowest BCUT2D eigenvalue weighted by atomic mass is 9.92. The minimum Gasteiger partial charge on any atom is -0.391 e. The molecule has 0 aliphatic carbocycles. The molecule has 2 rings (SSSR count). The number of aromatic nitrogens is 1. The molecule has 0 saturated carbocycles. The first-order chi connectivity index (χ1) is 8.20. The maximum absolute atomic E-state index is 9.17. The standard InChI is InChI=1S/C13H22N2O2/c1-10(2)15-5-3-4-11(8-15)6-13-12(9-16)7-14-17-13/h7,10-11,16H,3-6,8-9H2,1-2H3. The van der Waals surface area contributed by atoms with Crippen molar-refractivity contribution in [2.24, 2.45) is 5.92 Å². The first kappa shape index (κ1) is 12.6. The Labute approximate surface area is 103 Å². The van der Waals surface area contributed by atoms with Crippen molar-refractivity contribution in [1.29, 1.82) is 0 Å². The van der Waals surface area contributed by atoms with E-state index in [0.717, 1.165) is 24.3 Å². The second-order valence-electron chi connectivity index (χ2n) is 5.23. The Morgan fingerprint density at radius 1 is 1.59 bits per heavy atom. The van der Waals surface area contributed by atoms with Gasteiger partial charge in [-0.2, -0.15) is 0 Å². The van der Waals surface area contributed by atoms with Crippen LogP contribution < -0.4 is 0 Å². The molecule has 1 N–H and O–H groups in total. The molecule has 2 heterocycles. The van der Waals surface area contributed by atoms with Gasteiger partial charge in [-0.3, -0.25) is 0 Å². The van der Waals surface area contributed by atoms with Crippen molar-refractivity contribution in [2.75, 3.05) is 13.1 Å². The minimum atomic E-state index is 0.0272. The molecule has 1 aromatic rings. The van der Waals surface area contributed by atoms with E-state index in [1.54, 1.807) is 6.20 Å². The zero-order valence-electron chi connectivity index (χ0n) is 10.7. The van der Waals surface area contributed by atoms with E-state index in [4.69, 9.17) is 9.63 Å². The van der Waals surface area contributed by atoms with Crippen LogP contribution in [0.2, 0.25) is 0 Å². The zero-order chi connectivity index (χ0) is 12.3. The second-order valence-corrected chi connectivity index (χ2v) is 5.23. The number of hydrogen-bond acceptors (Lipinski definition) is 4. The lowest BCUT2D eigenvalue weighted by Gasteiger charge is -2.35. The van der Waals surface area contributed by atoms with E-state index in [2.05, 4.69) is 23.9 Å². The zero-order valence-corrected chi connectivity index (χ0v) is 10.7. The third-order valence-electron chi connectivity index (χ3n) is 3.65. The van der Waals surface area contributed by atoms with Crippen LogP contribution in [-0.4, -0.2) is 34.3 Å². The molecule has 4 heteroatoms. The Morgan fingerprint density at radius 3 is 3.12 bits per heavy atom. The SMILES string of the molecule is CC(C)N1CCCC(Cc2oncc2CO)C1. The molecule has 0 aromatic carbocycles. The Bertz CT molecular complexity index is 349. The molecular weight excluding hydrogens is 216 g/mol. The molecule has 1 unspecified atom stereocenters. The summed E-state index contributed by atoms with van der Waals surface area (Å²) in [6, 6.07) is 0.616. The van der Waals surface area contributed by atoms with Gasteiger partial charge in [-0.15, -0.1) is 0 Å². The summed E-state index contributed by atoms with van der Waals surface area (Å²) in [7, 11) is 0. The summed E-state index contributed by atoms with van der Waals surface area (Å²) in [5.74, 6) is 1.49. The van der Waals surface area contributed by atoms with Crippen molar-refractivity contribution >= 4 is 0 Å². The van der Waals surface area contributed by atoms with Gasteiger partial charge >= 0.3 is 0 Å². The van der Waals surface area contributed by atoms with Crippen LogP contribution in [0.15, 0.2) is 10.7 Å². The highest BCUT2D eigenvalue weighted by molar-refractivity contribution is 5.12. The van der Waals surface area contributed by atoms with E-state index >= 15 is 0 Å². The lowest BCUT2D eigenvalue weighted by Crippen LogP contribution is -2.40. The van der Waals surface area contributed by atoms with Crippen LogP contribution in [0.5, 0.6) is 0 Å². The van der Waals surface area contributed by atoms with Crippen LogP contribution in [0.25, 0.3) is 0 Å². The van der Waals surface area contributed by atoms with Gasteiger partial charge in [0.25, 0.3) is 0 Å². The molecule has 4 nitrogen and oxygen atoms in total. The van der Waals surface area contributed by atoms with E-state index in [0.29, 0.717) is 12.0 Å². The maximum atomic E-state index is 9.17. The highest BCUT2D eigenvalue weighted by Crippen LogP contribution is 2.23. The number of nitrogens with zero attached hydrogens (tertiary/aromatic N) is 2. The Hall–Kier alpha value is -0.870. The summed E-state index contributed by atoms with van der Waals surface area (Å²) in [4.78, 5) is 2.52. The molecule has 1 aliphatic heterocycles. The van der Waals surface area contributed by atoms with Gasteiger partial charge in [-0.05, 0) is 39.2 Å². The first-order valence-corrected chi connectivity index (χ1v) is 6.48. The van der Waals surface area contributed by atoms with Gasteiger partial charge in [0.2, 0.25) is 0 Å². The third-order valence-corrected chi connectivity index (χ3v) is 3.65. The smallest absolute Gasteiger partial charge is 0.142 e. The number of likely N-dealkylation sites (tertiary alicyclic amines) is 1. The largest absolute Gasteiger partial charge is 0.391 e. The summed E-state index contributed by atoms with van der Waals surface area (Å²) < 4.78 is 5.23. The van der Waals surface area contributed by atoms with Gasteiger partial charge in [-0.1, -0.05) is 5.16 Å². The highest BCUT2D eigenvalue weighted by Gasteiger charge is 2.23. The quantitative estimate of drug-likeness (QED) is 0.869. The molecular formula is C13H22N2O2. The minimum absolute atomic E-state index is 0.0272. The fraction of sp³-hybridized carbons (Fsp3) is 0.769. The number of aliphatic hydroxyl groups excluding tert-OH is 1. The van der Waals surface area contributed by atoms with Gasteiger partial charge < -0.3 is 14.5 Å². The van der Waals surface area contributed by atoms with Crippen LogP contribution >= 0.6 is 0 Å². The van der Waals surface area contributed by atoms with Crippen molar-refractivity contribution in [3.63, 3.8) is 0 Å². The Morgan fingerprint density at radius 2 is 2.41 bits per heavy atom. The lowest BCUT2D eigenvalue weighted by molar-refractivity contribution is 0.135. The molecule has 0 bridgehead atoms. The number of hydrogen-bond donors (Lipinski definition) is 1. The average Bonchev–Trinajstić information content (AvgIpc) is 2.76. The van der Waals surface area contributed by atoms with Gasteiger partial charge in [0.15, 0.2) is 0 Å². The van der Waals surface area contributed by atoms with Crippen LogP contribution in [-0.2, 0) is 13.0 Å². The van der Waals surface area contributed by atoms with Crippen molar-refractivity contribution < 1.29 is 9.63 Å². The van der Waals surface area contributed by atoms with Gasteiger partial charge in [0, 0.05) is 24.6 Å². The third kappa shape index (κ3) is 3.07. The normalized spacial score (nSPS) is 22.2. The summed E-state index contributed by atoms with van der Waals surface area (Å²) in [6.07, 6.45) is 5.03. The van der Waals surface area contributed by atoms with Crippen LogP contribution in [0.4, 0.5) is 0 Å². The molecule has 1 saturated heterocycles. The first-order valence-electron chi connectivity index (χ1n) is 6.48. The van der Waals surface area contributed by atoms with E-state index in [1.165, 1.54) is 19.4 Å². The Balaban J connectivity index is 1.94. The maximum Gasteiger partial charge on any atom is 0.142 e. The van der Waals surface area contributed by atoms with E-state index in [1.807, 2.05) is 0 Å². The average molecular weight is 238 g/mol. The van der Waals surface area contributed by atoms with Crippen molar-refractivity contribution in [1.82, 2.24) is 10.1 Å². The van der Waals surface area contributed by atoms with Crippen molar-refractivity contribution in [3.05, 3.63) is 17.5 Å². The monoisotopic (exact) mass is 238 g/mol. The van der Waals surface area contributed by atoms with Crippen LogP contribution in [0.3, 0.4) is 0 Å². The number of aliphatic hydroxyl groups is 1. The summed E-state index contributed by atoms with van der Waals surface area (Å²) in [5, 5.41) is 12.9. The van der Waals surface area contributed by atoms with Crippen LogP contribution in [0.1, 0.15) is 38.0 Å². The van der Waals surface area contributed by atoms with Gasteiger partial charge in [0.05, 0.1) is 12.8 Å². The van der Waals surface area contributed by atoms with Crippen molar-refractivity contribution in [3.8, 4) is 0 Å². The molecule has 1 fully saturated rings. The van der Waals surface area contributed by atoms with Gasteiger partial charge in [0.1, 0.15) is 5.76 Å².